The van der Waals surface area contributed by atoms with Gasteiger partial charge in [-0.05, 0) is 62.1 Å². The van der Waals surface area contributed by atoms with Crippen LogP contribution in [0.1, 0.15) is 41.3 Å². The van der Waals surface area contributed by atoms with Gasteiger partial charge in [-0.3, -0.25) is 14.4 Å². The van der Waals surface area contributed by atoms with Crippen LogP contribution >= 0.6 is 0 Å². The van der Waals surface area contributed by atoms with Crippen LogP contribution in [0.2, 0.25) is 0 Å². The molecule has 4 rings (SSSR count). The molecule has 2 heterocycles. The summed E-state index contributed by atoms with van der Waals surface area (Å²) in [6.07, 6.45) is 1.23. The molecule has 0 bridgehead atoms. The van der Waals surface area contributed by atoms with Crippen LogP contribution in [-0.2, 0) is 20.9 Å². The molecule has 0 aliphatic carbocycles. The second kappa shape index (κ2) is 9.42. The van der Waals surface area contributed by atoms with Crippen LogP contribution in [0, 0.1) is 12.8 Å². The molecule has 0 aromatic heterocycles. The highest BCUT2D eigenvalue weighted by atomic mass is 16.5. The molecule has 2 amide bonds. The number of esters is 1. The maximum absolute atomic E-state index is 13.1. The van der Waals surface area contributed by atoms with Crippen molar-refractivity contribution < 1.29 is 23.9 Å². The predicted molar refractivity (Wildman–Crippen MR) is 120 cm³/mol. The van der Waals surface area contributed by atoms with Crippen molar-refractivity contribution in [2.45, 2.75) is 33.2 Å². The number of nitrogens with zero attached hydrogens (tertiary/aromatic N) is 2. The van der Waals surface area contributed by atoms with E-state index in [1.165, 1.54) is 0 Å². The van der Waals surface area contributed by atoms with Gasteiger partial charge in [-0.1, -0.05) is 18.2 Å². The highest BCUT2D eigenvalue weighted by molar-refractivity contribution is 5.98. The third-order valence-corrected chi connectivity index (χ3v) is 5.97. The molecular weight excluding hydrogens is 408 g/mol. The van der Waals surface area contributed by atoms with Crippen molar-refractivity contribution in [2.24, 2.45) is 5.92 Å². The quantitative estimate of drug-likeness (QED) is 0.672. The van der Waals surface area contributed by atoms with Gasteiger partial charge in [0.15, 0.2) is 6.61 Å². The van der Waals surface area contributed by atoms with Crippen LogP contribution < -0.4 is 9.64 Å². The molecule has 1 saturated heterocycles. The molecule has 0 saturated carbocycles. The Morgan fingerprint density at radius 3 is 2.66 bits per heavy atom. The van der Waals surface area contributed by atoms with E-state index in [0.717, 1.165) is 16.8 Å². The number of piperidine rings is 1. The van der Waals surface area contributed by atoms with Crippen LogP contribution in [0.15, 0.2) is 42.5 Å². The fourth-order valence-electron chi connectivity index (χ4n) is 4.23. The number of benzene rings is 2. The van der Waals surface area contributed by atoms with Gasteiger partial charge < -0.3 is 19.3 Å². The molecule has 168 valence electrons. The number of amides is 2. The molecule has 0 spiro atoms. The van der Waals surface area contributed by atoms with Gasteiger partial charge in [0.05, 0.1) is 24.8 Å². The third kappa shape index (κ3) is 4.61. The first-order chi connectivity index (χ1) is 15.5. The molecule has 2 aliphatic heterocycles. The second-order valence-corrected chi connectivity index (χ2v) is 8.26. The Kier molecular flexibility index (Phi) is 6.44. The van der Waals surface area contributed by atoms with Crippen molar-refractivity contribution >= 4 is 23.5 Å². The number of hydrogen-bond acceptors (Lipinski definition) is 5. The summed E-state index contributed by atoms with van der Waals surface area (Å²) in [6.45, 7) is 5.58. The van der Waals surface area contributed by atoms with Crippen molar-refractivity contribution in [2.75, 3.05) is 31.2 Å². The largest absolute Gasteiger partial charge is 0.482 e. The van der Waals surface area contributed by atoms with E-state index in [1.54, 1.807) is 22.8 Å². The van der Waals surface area contributed by atoms with E-state index in [2.05, 4.69) is 0 Å². The van der Waals surface area contributed by atoms with E-state index in [1.807, 2.05) is 43.3 Å². The smallest absolute Gasteiger partial charge is 0.309 e. The lowest BCUT2D eigenvalue weighted by Crippen LogP contribution is -2.40. The number of hydrogen-bond donors (Lipinski definition) is 0. The highest BCUT2D eigenvalue weighted by Gasteiger charge is 2.29. The maximum Gasteiger partial charge on any atom is 0.309 e. The summed E-state index contributed by atoms with van der Waals surface area (Å²) < 4.78 is 10.7. The molecule has 32 heavy (non-hydrogen) atoms. The van der Waals surface area contributed by atoms with E-state index >= 15 is 0 Å². The van der Waals surface area contributed by atoms with Crippen LogP contribution in [0.5, 0.6) is 5.75 Å². The first-order valence-corrected chi connectivity index (χ1v) is 11.0. The van der Waals surface area contributed by atoms with E-state index in [4.69, 9.17) is 9.47 Å². The molecule has 2 aliphatic rings. The summed E-state index contributed by atoms with van der Waals surface area (Å²) in [5.41, 5.74) is 3.25. The van der Waals surface area contributed by atoms with Gasteiger partial charge in [0.25, 0.3) is 11.8 Å². The Labute approximate surface area is 187 Å². The lowest BCUT2D eigenvalue weighted by atomic mass is 9.96. The average molecular weight is 437 g/mol. The number of ether oxygens (including phenoxy) is 2. The molecule has 7 heteroatoms. The van der Waals surface area contributed by atoms with E-state index < -0.39 is 0 Å². The SMILES string of the molecule is CCOC(=O)C1CCN(C(=O)c2cccc(CN3C(=O)COc4ccc(C)cc43)c2)CC1. The Bertz CT molecular complexity index is 1030. The van der Waals surface area contributed by atoms with Crippen molar-refractivity contribution in [3.8, 4) is 5.75 Å². The van der Waals surface area contributed by atoms with Crippen molar-refractivity contribution in [3.63, 3.8) is 0 Å². The zero-order valence-electron chi connectivity index (χ0n) is 18.5. The minimum Gasteiger partial charge on any atom is -0.482 e. The molecule has 0 radical (unpaired) electrons. The zero-order chi connectivity index (χ0) is 22.7. The van der Waals surface area contributed by atoms with E-state index in [9.17, 15) is 14.4 Å². The van der Waals surface area contributed by atoms with Crippen molar-refractivity contribution in [1.82, 2.24) is 4.90 Å². The summed E-state index contributed by atoms with van der Waals surface area (Å²) in [5.74, 6) is 0.208. The molecule has 1 fully saturated rings. The molecular formula is C25H28N2O5. The lowest BCUT2D eigenvalue weighted by molar-refractivity contribution is -0.149. The summed E-state index contributed by atoms with van der Waals surface area (Å²) in [5, 5.41) is 0. The molecule has 0 unspecified atom stereocenters. The van der Waals surface area contributed by atoms with Gasteiger partial charge >= 0.3 is 5.97 Å². The molecule has 7 nitrogen and oxygen atoms in total. The fraction of sp³-hybridized carbons (Fsp3) is 0.400. The predicted octanol–water partition coefficient (Wildman–Crippen LogP) is 3.34. The van der Waals surface area contributed by atoms with E-state index in [0.29, 0.717) is 50.4 Å². The molecule has 2 aromatic rings. The van der Waals surface area contributed by atoms with Gasteiger partial charge in [-0.15, -0.1) is 0 Å². The van der Waals surface area contributed by atoms with Gasteiger partial charge in [0.2, 0.25) is 0 Å². The van der Waals surface area contributed by atoms with Crippen LogP contribution in [-0.4, -0.2) is 49.0 Å². The summed E-state index contributed by atoms with van der Waals surface area (Å²) in [4.78, 5) is 41.1. The van der Waals surface area contributed by atoms with Gasteiger partial charge in [0.1, 0.15) is 5.75 Å². The molecule has 2 aromatic carbocycles. The normalized spacial score (nSPS) is 16.4. The zero-order valence-corrected chi connectivity index (χ0v) is 18.5. The third-order valence-electron chi connectivity index (χ3n) is 5.97. The summed E-state index contributed by atoms with van der Waals surface area (Å²) in [6, 6.07) is 13.2. The number of carbonyl (C=O) groups is 3. The Morgan fingerprint density at radius 1 is 1.12 bits per heavy atom. The van der Waals surface area contributed by atoms with Crippen LogP contribution in [0.4, 0.5) is 5.69 Å². The van der Waals surface area contributed by atoms with Gasteiger partial charge in [0, 0.05) is 18.7 Å². The fourth-order valence-corrected chi connectivity index (χ4v) is 4.23. The monoisotopic (exact) mass is 436 g/mol. The first kappa shape index (κ1) is 21.9. The number of likely N-dealkylation sites (tertiary alicyclic amines) is 1. The lowest BCUT2D eigenvalue weighted by Gasteiger charge is -2.31. The number of rotatable bonds is 5. The maximum atomic E-state index is 13.1. The number of fused-ring (bicyclic) bond motifs is 1. The standard InChI is InChI=1S/C25H28N2O5/c1-3-31-25(30)19-9-11-26(12-10-19)24(29)20-6-4-5-18(14-20)15-27-21-13-17(2)7-8-22(21)32-16-23(27)28/h4-8,13-14,19H,3,9-12,15-16H2,1-2H3. The van der Waals surface area contributed by atoms with Gasteiger partial charge in [-0.2, -0.15) is 0 Å². The summed E-state index contributed by atoms with van der Waals surface area (Å²) in [7, 11) is 0. The van der Waals surface area contributed by atoms with Crippen LogP contribution in [0.25, 0.3) is 0 Å². The van der Waals surface area contributed by atoms with Crippen LogP contribution in [0.3, 0.4) is 0 Å². The minimum absolute atomic E-state index is 0.00406. The average Bonchev–Trinajstić information content (AvgIpc) is 2.81. The Balaban J connectivity index is 1.46. The van der Waals surface area contributed by atoms with Crippen molar-refractivity contribution in [3.05, 3.63) is 59.2 Å². The topological polar surface area (TPSA) is 76.2 Å². The molecule has 0 N–H and O–H groups in total. The minimum atomic E-state index is -0.174. The summed E-state index contributed by atoms with van der Waals surface area (Å²) >= 11 is 0. The highest BCUT2D eigenvalue weighted by Crippen LogP contribution is 2.34. The molecule has 0 atom stereocenters. The Morgan fingerprint density at radius 2 is 1.91 bits per heavy atom. The number of aryl methyl sites for hydroxylation is 1. The second-order valence-electron chi connectivity index (χ2n) is 8.26. The van der Waals surface area contributed by atoms with Crippen molar-refractivity contribution in [1.29, 1.82) is 0 Å². The van der Waals surface area contributed by atoms with E-state index in [-0.39, 0.29) is 30.3 Å². The van der Waals surface area contributed by atoms with Gasteiger partial charge in [-0.25, -0.2) is 0 Å². The first-order valence-electron chi connectivity index (χ1n) is 11.0. The Hall–Kier alpha value is -3.35. The number of anilines is 1. The number of carbonyl (C=O) groups excluding carboxylic acids is 3.